The monoisotopic (exact) mass is 372 g/mol. The Morgan fingerprint density at radius 1 is 1.19 bits per heavy atom. The van der Waals surface area contributed by atoms with Crippen molar-refractivity contribution in [3.8, 4) is 0 Å². The van der Waals surface area contributed by atoms with Gasteiger partial charge in [-0.15, -0.1) is 0 Å². The van der Waals surface area contributed by atoms with Crippen LogP contribution < -0.4 is 5.32 Å². The highest BCUT2D eigenvalue weighted by Gasteiger charge is 2.24. The third-order valence-electron chi connectivity index (χ3n) is 4.49. The molecule has 0 saturated carbocycles. The molecule has 136 valence electrons. The first kappa shape index (κ1) is 18.3. The molecule has 0 bridgehead atoms. The molecule has 1 fully saturated rings. The Morgan fingerprint density at radius 2 is 1.88 bits per heavy atom. The van der Waals surface area contributed by atoms with Crippen molar-refractivity contribution in [2.45, 2.75) is 19.8 Å². The maximum Gasteiger partial charge on any atom is 0.270 e. The topological polar surface area (TPSA) is 62.6 Å². The Bertz CT molecular complexity index is 789. The van der Waals surface area contributed by atoms with Crippen LogP contribution in [0.15, 0.2) is 52.8 Å². The van der Waals surface area contributed by atoms with Gasteiger partial charge in [0.25, 0.3) is 11.8 Å². The van der Waals surface area contributed by atoms with Gasteiger partial charge in [-0.2, -0.15) is 0 Å². The molecule has 0 unspecified atom stereocenters. The lowest BCUT2D eigenvalue weighted by Gasteiger charge is -2.31. The van der Waals surface area contributed by atoms with Gasteiger partial charge in [-0.1, -0.05) is 18.5 Å². The van der Waals surface area contributed by atoms with E-state index >= 15 is 0 Å². The van der Waals surface area contributed by atoms with Crippen LogP contribution in [0.2, 0.25) is 5.02 Å². The number of carbonyl (C=O) groups is 2. The molecular formula is C20H21ClN2O3. The van der Waals surface area contributed by atoms with Crippen LogP contribution in [-0.4, -0.2) is 29.8 Å². The Labute approximate surface area is 157 Å². The lowest BCUT2D eigenvalue weighted by molar-refractivity contribution is -0.128. The number of nitrogens with zero attached hydrogens (tertiary/aromatic N) is 1. The van der Waals surface area contributed by atoms with Gasteiger partial charge in [0.1, 0.15) is 11.5 Å². The van der Waals surface area contributed by atoms with Crippen molar-refractivity contribution in [1.82, 2.24) is 10.2 Å². The van der Waals surface area contributed by atoms with Gasteiger partial charge in [0, 0.05) is 29.8 Å². The molecule has 0 spiro atoms. The van der Waals surface area contributed by atoms with Crippen LogP contribution in [-0.2, 0) is 4.79 Å². The van der Waals surface area contributed by atoms with Gasteiger partial charge in [-0.3, -0.25) is 9.59 Å². The van der Waals surface area contributed by atoms with Crippen molar-refractivity contribution in [3.63, 3.8) is 0 Å². The minimum Gasteiger partial charge on any atom is -0.465 e. The van der Waals surface area contributed by atoms with Crippen LogP contribution in [0.25, 0.3) is 6.08 Å². The van der Waals surface area contributed by atoms with E-state index in [2.05, 4.69) is 12.2 Å². The van der Waals surface area contributed by atoms with E-state index in [1.54, 1.807) is 47.4 Å². The van der Waals surface area contributed by atoms with E-state index in [9.17, 15) is 9.59 Å². The van der Waals surface area contributed by atoms with Gasteiger partial charge in [0.05, 0.1) is 6.26 Å². The van der Waals surface area contributed by atoms with Crippen LogP contribution in [0.4, 0.5) is 0 Å². The summed E-state index contributed by atoms with van der Waals surface area (Å²) in [7, 11) is 0. The zero-order chi connectivity index (χ0) is 18.5. The number of furan rings is 1. The van der Waals surface area contributed by atoms with Gasteiger partial charge in [0.15, 0.2) is 0 Å². The lowest BCUT2D eigenvalue weighted by atomic mass is 9.99. The predicted molar refractivity (Wildman–Crippen MR) is 101 cm³/mol. The average Bonchev–Trinajstić information content (AvgIpc) is 3.15. The summed E-state index contributed by atoms with van der Waals surface area (Å²) >= 11 is 5.86. The molecule has 5 nitrogen and oxygen atoms in total. The first-order chi connectivity index (χ1) is 12.5. The maximum atomic E-state index is 12.9. The second-order valence-corrected chi connectivity index (χ2v) is 6.95. The minimum absolute atomic E-state index is 0.199. The molecule has 1 saturated heterocycles. The van der Waals surface area contributed by atoms with Crippen LogP contribution >= 0.6 is 11.6 Å². The molecule has 2 amide bonds. The molecule has 0 atom stereocenters. The smallest absolute Gasteiger partial charge is 0.270 e. The molecule has 1 aromatic heterocycles. The van der Waals surface area contributed by atoms with Crippen molar-refractivity contribution in [1.29, 1.82) is 0 Å². The predicted octanol–water partition coefficient (Wildman–Crippen LogP) is 3.96. The largest absolute Gasteiger partial charge is 0.465 e. The summed E-state index contributed by atoms with van der Waals surface area (Å²) < 4.78 is 5.31. The standard InChI is InChI=1S/C20H21ClN2O3/c1-14-8-10-23(11-9-14)20(25)18(13-17-3-2-12-26-17)22-19(24)15-4-6-16(21)7-5-15/h2-7,12-14H,8-11H2,1H3,(H,22,24). The molecule has 1 aliphatic rings. The number of benzene rings is 1. The first-order valence-electron chi connectivity index (χ1n) is 8.64. The molecule has 2 heterocycles. The van der Waals surface area contributed by atoms with Gasteiger partial charge in [-0.05, 0) is 55.2 Å². The zero-order valence-electron chi connectivity index (χ0n) is 14.6. The van der Waals surface area contributed by atoms with Crippen molar-refractivity contribution in [2.75, 3.05) is 13.1 Å². The molecule has 0 aliphatic carbocycles. The van der Waals surface area contributed by atoms with Gasteiger partial charge in [-0.25, -0.2) is 0 Å². The number of hydrogen-bond acceptors (Lipinski definition) is 3. The fourth-order valence-electron chi connectivity index (χ4n) is 2.84. The summed E-state index contributed by atoms with van der Waals surface area (Å²) in [6, 6.07) is 9.99. The van der Waals surface area contributed by atoms with E-state index in [0.29, 0.717) is 35.4 Å². The maximum absolute atomic E-state index is 12.9. The molecule has 1 aliphatic heterocycles. The van der Waals surface area contributed by atoms with Crippen molar-refractivity contribution in [2.24, 2.45) is 5.92 Å². The third-order valence-corrected chi connectivity index (χ3v) is 4.74. The molecular weight excluding hydrogens is 352 g/mol. The van der Waals surface area contributed by atoms with E-state index in [1.807, 2.05) is 0 Å². The Kier molecular flexibility index (Phi) is 5.78. The number of nitrogens with one attached hydrogen (secondary N) is 1. The van der Waals surface area contributed by atoms with Crippen LogP contribution in [0, 0.1) is 5.92 Å². The summed E-state index contributed by atoms with van der Waals surface area (Å²) in [6.45, 7) is 3.56. The van der Waals surface area contributed by atoms with Crippen molar-refractivity contribution < 1.29 is 14.0 Å². The molecule has 3 rings (SSSR count). The first-order valence-corrected chi connectivity index (χ1v) is 9.02. The quantitative estimate of drug-likeness (QED) is 0.826. The van der Waals surface area contributed by atoms with E-state index in [-0.39, 0.29) is 17.5 Å². The molecule has 2 aromatic rings. The van der Waals surface area contributed by atoms with E-state index in [1.165, 1.54) is 6.26 Å². The Balaban J connectivity index is 1.80. The second kappa shape index (κ2) is 8.23. The molecule has 1 aromatic carbocycles. The number of amides is 2. The van der Waals surface area contributed by atoms with E-state index in [4.69, 9.17) is 16.0 Å². The fourth-order valence-corrected chi connectivity index (χ4v) is 2.97. The SMILES string of the molecule is CC1CCN(C(=O)C(=Cc2ccco2)NC(=O)c2ccc(Cl)cc2)CC1. The number of likely N-dealkylation sites (tertiary alicyclic amines) is 1. The molecule has 6 heteroatoms. The van der Waals surface area contributed by atoms with Crippen molar-refractivity contribution in [3.05, 3.63) is 64.7 Å². The summed E-state index contributed by atoms with van der Waals surface area (Å²) in [5.74, 6) is 0.559. The summed E-state index contributed by atoms with van der Waals surface area (Å²) in [5, 5.41) is 3.27. The zero-order valence-corrected chi connectivity index (χ0v) is 15.3. The number of rotatable bonds is 4. The van der Waals surface area contributed by atoms with Gasteiger partial charge in [0.2, 0.25) is 0 Å². The lowest BCUT2D eigenvalue weighted by Crippen LogP contribution is -2.42. The summed E-state index contributed by atoms with van der Waals surface area (Å²) in [6.07, 6.45) is 5.02. The highest BCUT2D eigenvalue weighted by molar-refractivity contribution is 6.30. The Hall–Kier alpha value is -2.53. The van der Waals surface area contributed by atoms with E-state index in [0.717, 1.165) is 12.8 Å². The number of carbonyl (C=O) groups excluding carboxylic acids is 2. The molecule has 0 radical (unpaired) electrons. The van der Waals surface area contributed by atoms with E-state index < -0.39 is 0 Å². The second-order valence-electron chi connectivity index (χ2n) is 6.51. The molecule has 1 N–H and O–H groups in total. The average molecular weight is 373 g/mol. The number of hydrogen-bond donors (Lipinski definition) is 1. The molecule has 26 heavy (non-hydrogen) atoms. The fraction of sp³-hybridized carbons (Fsp3) is 0.300. The van der Waals surface area contributed by atoms with Crippen molar-refractivity contribution >= 4 is 29.5 Å². The third kappa shape index (κ3) is 4.55. The highest BCUT2D eigenvalue weighted by atomic mass is 35.5. The van der Waals surface area contributed by atoms with Gasteiger partial charge < -0.3 is 14.6 Å². The number of halogens is 1. The highest BCUT2D eigenvalue weighted by Crippen LogP contribution is 2.19. The number of piperidine rings is 1. The Morgan fingerprint density at radius 3 is 2.50 bits per heavy atom. The summed E-state index contributed by atoms with van der Waals surface area (Å²) in [4.78, 5) is 27.2. The van der Waals surface area contributed by atoms with Crippen LogP contribution in [0.5, 0.6) is 0 Å². The minimum atomic E-state index is -0.363. The van der Waals surface area contributed by atoms with Crippen LogP contribution in [0.1, 0.15) is 35.9 Å². The summed E-state index contributed by atoms with van der Waals surface area (Å²) in [5.41, 5.74) is 0.634. The van der Waals surface area contributed by atoms with Crippen LogP contribution in [0.3, 0.4) is 0 Å². The normalized spacial score (nSPS) is 15.8. The van der Waals surface area contributed by atoms with Gasteiger partial charge >= 0.3 is 0 Å².